The molecule has 1 aromatic heterocycles. The predicted molar refractivity (Wildman–Crippen MR) is 115 cm³/mol. The summed E-state index contributed by atoms with van der Waals surface area (Å²) in [6, 6.07) is 24.0. The van der Waals surface area contributed by atoms with E-state index in [1.807, 2.05) is 53.2 Å². The van der Waals surface area contributed by atoms with Crippen LogP contribution in [0, 0.1) is 0 Å². The highest BCUT2D eigenvalue weighted by Crippen LogP contribution is 2.26. The van der Waals surface area contributed by atoms with Gasteiger partial charge in [-0.25, -0.2) is 18.5 Å². The van der Waals surface area contributed by atoms with E-state index < -0.39 is 10.0 Å². The fraction of sp³-hybridized carbons (Fsp3) is 0.0455. The first-order valence-corrected chi connectivity index (χ1v) is 10.8. The quantitative estimate of drug-likeness (QED) is 0.515. The van der Waals surface area contributed by atoms with E-state index in [-0.39, 0.29) is 4.90 Å². The van der Waals surface area contributed by atoms with Gasteiger partial charge in [0.2, 0.25) is 10.0 Å². The van der Waals surface area contributed by atoms with Crippen molar-refractivity contribution in [3.05, 3.63) is 101 Å². The maximum absolute atomic E-state index is 11.6. The van der Waals surface area contributed by atoms with Gasteiger partial charge in [-0.2, -0.15) is 0 Å². The SMILES string of the molecule is NS(=O)(=O)c1ccc(-c2nc(Cc3ccccc3)cn2-c2ccc(Cl)cc2)cc1. The molecule has 0 radical (unpaired) electrons. The molecule has 0 saturated carbocycles. The van der Waals surface area contributed by atoms with Crippen LogP contribution in [0.4, 0.5) is 0 Å². The van der Waals surface area contributed by atoms with Crippen molar-refractivity contribution in [1.82, 2.24) is 9.55 Å². The summed E-state index contributed by atoms with van der Waals surface area (Å²) in [4.78, 5) is 4.88. The Balaban J connectivity index is 1.79. The summed E-state index contributed by atoms with van der Waals surface area (Å²) in [5.41, 5.74) is 3.75. The van der Waals surface area contributed by atoms with Gasteiger partial charge in [0.25, 0.3) is 0 Å². The first kappa shape index (κ1) is 19.4. The van der Waals surface area contributed by atoms with Crippen LogP contribution < -0.4 is 5.14 Å². The Morgan fingerprint density at radius 2 is 1.55 bits per heavy atom. The zero-order valence-electron chi connectivity index (χ0n) is 15.4. The van der Waals surface area contributed by atoms with Crippen molar-refractivity contribution in [3.8, 4) is 17.1 Å². The smallest absolute Gasteiger partial charge is 0.238 e. The van der Waals surface area contributed by atoms with Crippen molar-refractivity contribution >= 4 is 21.6 Å². The van der Waals surface area contributed by atoms with E-state index in [0.29, 0.717) is 17.3 Å². The van der Waals surface area contributed by atoms with Crippen molar-refractivity contribution in [2.24, 2.45) is 5.14 Å². The largest absolute Gasteiger partial charge is 0.300 e. The number of imidazole rings is 1. The first-order valence-electron chi connectivity index (χ1n) is 8.91. The van der Waals surface area contributed by atoms with Crippen LogP contribution in [0.1, 0.15) is 11.3 Å². The van der Waals surface area contributed by atoms with E-state index in [4.69, 9.17) is 21.7 Å². The fourth-order valence-electron chi connectivity index (χ4n) is 3.11. The molecule has 5 nitrogen and oxygen atoms in total. The number of hydrogen-bond donors (Lipinski definition) is 1. The summed E-state index contributed by atoms with van der Waals surface area (Å²) in [7, 11) is -3.75. The van der Waals surface area contributed by atoms with Crippen LogP contribution in [0.25, 0.3) is 17.1 Å². The highest BCUT2D eigenvalue weighted by molar-refractivity contribution is 7.89. The molecule has 0 fully saturated rings. The molecule has 0 amide bonds. The predicted octanol–water partition coefficient (Wildman–Crippen LogP) is 4.43. The second-order valence-corrected chi connectivity index (χ2v) is 8.63. The number of nitrogens with two attached hydrogens (primary N) is 1. The van der Waals surface area contributed by atoms with Crippen LogP contribution in [0.5, 0.6) is 0 Å². The molecule has 3 aromatic carbocycles. The molecule has 7 heteroatoms. The summed E-state index contributed by atoms with van der Waals surface area (Å²) < 4.78 is 25.1. The zero-order chi connectivity index (χ0) is 20.4. The van der Waals surface area contributed by atoms with Crippen LogP contribution in [0.3, 0.4) is 0 Å². The molecule has 0 saturated heterocycles. The third-order valence-electron chi connectivity index (χ3n) is 4.53. The summed E-state index contributed by atoms with van der Waals surface area (Å²) in [5.74, 6) is 0.708. The maximum Gasteiger partial charge on any atom is 0.238 e. The minimum absolute atomic E-state index is 0.0651. The number of nitrogens with zero attached hydrogens (tertiary/aromatic N) is 2. The molecule has 0 unspecified atom stereocenters. The highest BCUT2D eigenvalue weighted by Gasteiger charge is 2.14. The molecular formula is C22H18ClN3O2S. The van der Waals surface area contributed by atoms with Crippen LogP contribution >= 0.6 is 11.6 Å². The molecule has 146 valence electrons. The first-order chi connectivity index (χ1) is 13.9. The monoisotopic (exact) mass is 423 g/mol. The summed E-state index contributed by atoms with van der Waals surface area (Å²) in [5, 5.41) is 5.86. The normalized spacial score (nSPS) is 11.5. The lowest BCUT2D eigenvalue weighted by molar-refractivity contribution is 0.598. The van der Waals surface area contributed by atoms with E-state index in [2.05, 4.69) is 12.1 Å². The average molecular weight is 424 g/mol. The van der Waals surface area contributed by atoms with Crippen LogP contribution in [-0.2, 0) is 16.4 Å². The Morgan fingerprint density at radius 3 is 2.17 bits per heavy atom. The van der Waals surface area contributed by atoms with Gasteiger partial charge < -0.3 is 0 Å². The number of primary sulfonamides is 1. The second-order valence-electron chi connectivity index (χ2n) is 6.63. The van der Waals surface area contributed by atoms with Gasteiger partial charge >= 0.3 is 0 Å². The molecular weight excluding hydrogens is 406 g/mol. The van der Waals surface area contributed by atoms with Gasteiger partial charge in [0.1, 0.15) is 5.82 Å². The van der Waals surface area contributed by atoms with Crippen molar-refractivity contribution in [1.29, 1.82) is 0 Å². The topological polar surface area (TPSA) is 78.0 Å². The van der Waals surface area contributed by atoms with Crippen molar-refractivity contribution in [2.45, 2.75) is 11.3 Å². The summed E-state index contributed by atoms with van der Waals surface area (Å²) in [6.07, 6.45) is 2.67. The van der Waals surface area contributed by atoms with Crippen molar-refractivity contribution in [3.63, 3.8) is 0 Å². The van der Waals surface area contributed by atoms with Gasteiger partial charge in [0.05, 0.1) is 10.6 Å². The Labute approximate surface area is 174 Å². The van der Waals surface area contributed by atoms with Gasteiger partial charge in [0, 0.05) is 28.9 Å². The lowest BCUT2D eigenvalue weighted by Crippen LogP contribution is -2.11. The molecule has 0 atom stereocenters. The van der Waals surface area contributed by atoms with Gasteiger partial charge in [-0.3, -0.25) is 4.57 Å². The molecule has 4 aromatic rings. The zero-order valence-corrected chi connectivity index (χ0v) is 16.9. The van der Waals surface area contributed by atoms with E-state index in [0.717, 1.165) is 22.5 Å². The molecule has 2 N–H and O–H groups in total. The molecule has 4 rings (SSSR count). The Hall–Kier alpha value is -2.93. The minimum Gasteiger partial charge on any atom is -0.300 e. The summed E-state index contributed by atoms with van der Waals surface area (Å²) >= 11 is 6.03. The van der Waals surface area contributed by atoms with Gasteiger partial charge in [-0.15, -0.1) is 0 Å². The second kappa shape index (κ2) is 7.83. The number of benzene rings is 3. The van der Waals surface area contributed by atoms with Crippen molar-refractivity contribution < 1.29 is 8.42 Å². The van der Waals surface area contributed by atoms with E-state index in [1.165, 1.54) is 12.1 Å². The van der Waals surface area contributed by atoms with E-state index in [1.54, 1.807) is 12.1 Å². The van der Waals surface area contributed by atoms with E-state index >= 15 is 0 Å². The van der Waals surface area contributed by atoms with Gasteiger partial charge in [-0.1, -0.05) is 41.9 Å². The van der Waals surface area contributed by atoms with Gasteiger partial charge in [0.15, 0.2) is 0 Å². The average Bonchev–Trinajstić information content (AvgIpc) is 3.12. The number of rotatable bonds is 5. The van der Waals surface area contributed by atoms with E-state index in [9.17, 15) is 8.42 Å². The molecule has 1 heterocycles. The summed E-state index contributed by atoms with van der Waals surface area (Å²) in [6.45, 7) is 0. The maximum atomic E-state index is 11.6. The fourth-order valence-corrected chi connectivity index (χ4v) is 3.76. The lowest BCUT2D eigenvalue weighted by atomic mass is 10.1. The molecule has 0 aliphatic carbocycles. The van der Waals surface area contributed by atoms with Crippen LogP contribution in [0.15, 0.2) is 90.0 Å². The van der Waals surface area contributed by atoms with Crippen molar-refractivity contribution in [2.75, 3.05) is 0 Å². The van der Waals surface area contributed by atoms with Crippen LogP contribution in [-0.4, -0.2) is 18.0 Å². The number of sulfonamides is 1. The number of halogens is 1. The Bertz CT molecular complexity index is 1230. The standard InChI is InChI=1S/C22H18ClN3O2S/c23-18-8-10-20(11-9-18)26-15-19(14-16-4-2-1-3-5-16)25-22(26)17-6-12-21(13-7-17)29(24,27)28/h1-13,15H,14H2,(H2,24,27,28). The third kappa shape index (κ3) is 4.40. The number of hydrogen-bond acceptors (Lipinski definition) is 3. The Morgan fingerprint density at radius 1 is 0.897 bits per heavy atom. The number of aromatic nitrogens is 2. The van der Waals surface area contributed by atoms with Crippen LogP contribution in [0.2, 0.25) is 5.02 Å². The minimum atomic E-state index is -3.75. The molecule has 29 heavy (non-hydrogen) atoms. The molecule has 0 bridgehead atoms. The molecule has 0 aliphatic heterocycles. The lowest BCUT2D eigenvalue weighted by Gasteiger charge is -2.08. The van der Waals surface area contributed by atoms with Gasteiger partial charge in [-0.05, 0) is 54.1 Å². The highest BCUT2D eigenvalue weighted by atomic mass is 35.5. The molecule has 0 aliphatic rings. The third-order valence-corrected chi connectivity index (χ3v) is 5.71. The Kier molecular flexibility index (Phi) is 5.24. The molecule has 0 spiro atoms.